The SMILES string of the molecule is COC(=O)c1ccc(NC(=O)C(=O)Nc2ccc(C)c(C)c2)cc1. The van der Waals surface area contributed by atoms with Crippen LogP contribution in [-0.2, 0) is 14.3 Å². The molecule has 2 amide bonds. The van der Waals surface area contributed by atoms with Crippen molar-refractivity contribution in [3.05, 3.63) is 59.2 Å². The monoisotopic (exact) mass is 326 g/mol. The largest absolute Gasteiger partial charge is 0.465 e. The lowest BCUT2D eigenvalue weighted by molar-refractivity contribution is -0.132. The maximum absolute atomic E-state index is 11.9. The minimum atomic E-state index is -0.793. The summed E-state index contributed by atoms with van der Waals surface area (Å²) in [6.45, 7) is 3.89. The van der Waals surface area contributed by atoms with E-state index < -0.39 is 17.8 Å². The third kappa shape index (κ3) is 4.19. The molecule has 0 aliphatic rings. The van der Waals surface area contributed by atoms with Crippen LogP contribution in [0.4, 0.5) is 11.4 Å². The summed E-state index contributed by atoms with van der Waals surface area (Å²) < 4.78 is 4.59. The van der Waals surface area contributed by atoms with E-state index in [1.165, 1.54) is 31.4 Å². The zero-order valence-corrected chi connectivity index (χ0v) is 13.7. The Morgan fingerprint density at radius 3 is 1.88 bits per heavy atom. The Morgan fingerprint density at radius 2 is 1.33 bits per heavy atom. The Bertz CT molecular complexity index is 782. The number of hydrogen-bond acceptors (Lipinski definition) is 4. The maximum atomic E-state index is 11.9. The Hall–Kier alpha value is -3.15. The number of aryl methyl sites for hydroxylation is 2. The molecule has 0 aliphatic carbocycles. The predicted molar refractivity (Wildman–Crippen MR) is 91.0 cm³/mol. The molecule has 2 aromatic carbocycles. The standard InChI is InChI=1S/C18H18N2O4/c1-11-4-7-15(10-12(11)2)20-17(22)16(21)19-14-8-5-13(6-9-14)18(23)24-3/h4-10H,1-3H3,(H,19,21)(H,20,22). The van der Waals surface area contributed by atoms with Gasteiger partial charge in [0.15, 0.2) is 0 Å². The number of anilines is 2. The van der Waals surface area contributed by atoms with Crippen molar-refractivity contribution in [1.29, 1.82) is 0 Å². The first kappa shape index (κ1) is 17.2. The van der Waals surface area contributed by atoms with Crippen LogP contribution in [0.15, 0.2) is 42.5 Å². The third-order valence-corrected chi connectivity index (χ3v) is 3.53. The number of carbonyl (C=O) groups is 3. The van der Waals surface area contributed by atoms with Gasteiger partial charge in [-0.15, -0.1) is 0 Å². The summed E-state index contributed by atoms with van der Waals surface area (Å²) >= 11 is 0. The van der Waals surface area contributed by atoms with E-state index in [9.17, 15) is 14.4 Å². The Kier molecular flexibility index (Phi) is 5.31. The molecule has 0 bridgehead atoms. The van der Waals surface area contributed by atoms with Gasteiger partial charge in [-0.3, -0.25) is 9.59 Å². The fourth-order valence-electron chi connectivity index (χ4n) is 2.00. The van der Waals surface area contributed by atoms with Crippen molar-refractivity contribution in [3.63, 3.8) is 0 Å². The first-order valence-electron chi connectivity index (χ1n) is 7.28. The molecule has 0 fully saturated rings. The molecule has 2 N–H and O–H groups in total. The van der Waals surface area contributed by atoms with Crippen molar-refractivity contribution < 1.29 is 19.1 Å². The third-order valence-electron chi connectivity index (χ3n) is 3.53. The number of amides is 2. The number of methoxy groups -OCH3 is 1. The van der Waals surface area contributed by atoms with Gasteiger partial charge in [0.1, 0.15) is 0 Å². The smallest absolute Gasteiger partial charge is 0.337 e. The molecule has 0 unspecified atom stereocenters. The van der Waals surface area contributed by atoms with Crippen LogP contribution < -0.4 is 10.6 Å². The van der Waals surface area contributed by atoms with Crippen LogP contribution in [0.1, 0.15) is 21.5 Å². The van der Waals surface area contributed by atoms with Crippen molar-refractivity contribution in [2.75, 3.05) is 17.7 Å². The second-order valence-corrected chi connectivity index (χ2v) is 5.28. The highest BCUT2D eigenvalue weighted by Crippen LogP contribution is 2.14. The van der Waals surface area contributed by atoms with Crippen molar-refractivity contribution >= 4 is 29.2 Å². The van der Waals surface area contributed by atoms with Crippen LogP contribution in [-0.4, -0.2) is 24.9 Å². The topological polar surface area (TPSA) is 84.5 Å². The van der Waals surface area contributed by atoms with Crippen molar-refractivity contribution in [2.24, 2.45) is 0 Å². The quantitative estimate of drug-likeness (QED) is 0.671. The average Bonchev–Trinajstić information content (AvgIpc) is 2.58. The first-order chi connectivity index (χ1) is 11.4. The Morgan fingerprint density at radius 1 is 0.792 bits per heavy atom. The molecule has 6 nitrogen and oxygen atoms in total. The number of benzene rings is 2. The normalized spacial score (nSPS) is 9.96. The van der Waals surface area contributed by atoms with Crippen LogP contribution in [0.25, 0.3) is 0 Å². The average molecular weight is 326 g/mol. The van der Waals surface area contributed by atoms with Crippen molar-refractivity contribution in [3.8, 4) is 0 Å². The van der Waals surface area contributed by atoms with E-state index in [4.69, 9.17) is 0 Å². The molecule has 0 saturated carbocycles. The Labute approximate surface area is 139 Å². The summed E-state index contributed by atoms with van der Waals surface area (Å²) in [6.07, 6.45) is 0. The summed E-state index contributed by atoms with van der Waals surface area (Å²) in [6, 6.07) is 11.4. The minimum Gasteiger partial charge on any atom is -0.465 e. The summed E-state index contributed by atoms with van der Waals surface area (Å²) in [7, 11) is 1.29. The van der Waals surface area contributed by atoms with Gasteiger partial charge in [0.2, 0.25) is 0 Å². The van der Waals surface area contributed by atoms with Crippen LogP contribution in [0.5, 0.6) is 0 Å². The minimum absolute atomic E-state index is 0.357. The van der Waals surface area contributed by atoms with Gasteiger partial charge in [-0.1, -0.05) is 6.07 Å². The number of esters is 1. The van der Waals surface area contributed by atoms with Crippen LogP contribution >= 0.6 is 0 Å². The van der Waals surface area contributed by atoms with Gasteiger partial charge in [-0.05, 0) is 61.4 Å². The highest BCUT2D eigenvalue weighted by atomic mass is 16.5. The molecule has 2 rings (SSSR count). The van der Waals surface area contributed by atoms with Crippen LogP contribution in [0.3, 0.4) is 0 Å². The number of carbonyl (C=O) groups excluding carboxylic acids is 3. The lowest BCUT2D eigenvalue weighted by atomic mass is 10.1. The molecule has 0 atom stereocenters. The van der Waals surface area contributed by atoms with Gasteiger partial charge in [0.25, 0.3) is 0 Å². The van der Waals surface area contributed by atoms with E-state index >= 15 is 0 Å². The zero-order chi connectivity index (χ0) is 17.7. The fraction of sp³-hybridized carbons (Fsp3) is 0.167. The Balaban J connectivity index is 1.99. The molecule has 0 aliphatic heterocycles. The molecule has 2 aromatic rings. The number of hydrogen-bond donors (Lipinski definition) is 2. The molecule has 6 heteroatoms. The number of rotatable bonds is 3. The second-order valence-electron chi connectivity index (χ2n) is 5.28. The molecule has 0 heterocycles. The summed E-state index contributed by atoms with van der Waals surface area (Å²) in [5, 5.41) is 5.01. The summed E-state index contributed by atoms with van der Waals surface area (Å²) in [5.74, 6) is -2.03. The highest BCUT2D eigenvalue weighted by molar-refractivity contribution is 6.43. The van der Waals surface area contributed by atoms with Gasteiger partial charge >= 0.3 is 17.8 Å². The van der Waals surface area contributed by atoms with Gasteiger partial charge in [0, 0.05) is 11.4 Å². The number of ether oxygens (including phenoxy) is 1. The molecular formula is C18H18N2O4. The van der Waals surface area contributed by atoms with E-state index in [1.807, 2.05) is 19.9 Å². The summed E-state index contributed by atoms with van der Waals surface area (Å²) in [5.41, 5.74) is 3.44. The van der Waals surface area contributed by atoms with Crippen LogP contribution in [0.2, 0.25) is 0 Å². The molecule has 24 heavy (non-hydrogen) atoms. The lowest BCUT2D eigenvalue weighted by Crippen LogP contribution is -2.29. The molecule has 0 radical (unpaired) electrons. The van der Waals surface area contributed by atoms with Gasteiger partial charge < -0.3 is 15.4 Å². The fourth-order valence-corrected chi connectivity index (χ4v) is 2.00. The van der Waals surface area contributed by atoms with Crippen molar-refractivity contribution in [2.45, 2.75) is 13.8 Å². The molecule has 0 aromatic heterocycles. The van der Waals surface area contributed by atoms with Gasteiger partial charge in [0.05, 0.1) is 12.7 Å². The highest BCUT2D eigenvalue weighted by Gasteiger charge is 2.14. The maximum Gasteiger partial charge on any atom is 0.337 e. The van der Waals surface area contributed by atoms with Crippen molar-refractivity contribution in [1.82, 2.24) is 0 Å². The summed E-state index contributed by atoms with van der Waals surface area (Å²) in [4.78, 5) is 35.2. The van der Waals surface area contributed by atoms with Crippen LogP contribution in [0, 0.1) is 13.8 Å². The molecule has 124 valence electrons. The van der Waals surface area contributed by atoms with E-state index in [0.717, 1.165) is 11.1 Å². The molecular weight excluding hydrogens is 308 g/mol. The molecule has 0 saturated heterocycles. The zero-order valence-electron chi connectivity index (χ0n) is 13.7. The van der Waals surface area contributed by atoms with E-state index in [0.29, 0.717) is 16.9 Å². The van der Waals surface area contributed by atoms with E-state index in [2.05, 4.69) is 15.4 Å². The first-order valence-corrected chi connectivity index (χ1v) is 7.28. The lowest BCUT2D eigenvalue weighted by Gasteiger charge is -2.08. The second kappa shape index (κ2) is 7.41. The van der Waals surface area contributed by atoms with Gasteiger partial charge in [-0.25, -0.2) is 4.79 Å². The van der Waals surface area contributed by atoms with Gasteiger partial charge in [-0.2, -0.15) is 0 Å². The predicted octanol–water partition coefficient (Wildman–Crippen LogP) is 2.67. The van der Waals surface area contributed by atoms with E-state index in [-0.39, 0.29) is 0 Å². The molecule has 0 spiro atoms. The van der Waals surface area contributed by atoms with E-state index in [1.54, 1.807) is 12.1 Å². The number of nitrogens with one attached hydrogen (secondary N) is 2.